The molecule has 1 amide bonds. The molecule has 0 atom stereocenters. The van der Waals surface area contributed by atoms with Crippen LogP contribution >= 0.6 is 15.9 Å². The van der Waals surface area contributed by atoms with E-state index in [0.717, 1.165) is 31.4 Å². The average Bonchev–Trinajstić information content (AvgIpc) is 3.24. The lowest BCUT2D eigenvalue weighted by Crippen LogP contribution is -2.39. The number of sulfonamides is 1. The van der Waals surface area contributed by atoms with Crippen molar-refractivity contribution < 1.29 is 22.7 Å². The minimum atomic E-state index is -4.15. The molecule has 0 unspecified atom stereocenters. The Hall–Kier alpha value is -4.09. The first-order valence-electron chi connectivity index (χ1n) is 12.2. The van der Waals surface area contributed by atoms with E-state index in [1.165, 1.54) is 38.6 Å². The van der Waals surface area contributed by atoms with Crippen LogP contribution in [0.15, 0.2) is 93.3 Å². The average molecular weight is 626 g/mol. The number of amides is 1. The summed E-state index contributed by atoms with van der Waals surface area (Å²) < 4.78 is 42.1. The number of carbonyl (C=O) groups is 1. The first-order chi connectivity index (χ1) is 19.1. The summed E-state index contributed by atoms with van der Waals surface area (Å²) in [6, 6.07) is 22.5. The summed E-state index contributed by atoms with van der Waals surface area (Å²) in [5.74, 6) is 0.0290. The highest BCUT2D eigenvalue weighted by Crippen LogP contribution is 2.35. The fourth-order valence-electron chi connectivity index (χ4n) is 4.28. The van der Waals surface area contributed by atoms with E-state index in [1.54, 1.807) is 30.3 Å². The summed E-state index contributed by atoms with van der Waals surface area (Å²) in [7, 11) is -1.26. The number of hydrogen-bond donors (Lipinski definition) is 1. The molecular formula is C29H29BrN4O5S. The Morgan fingerprint density at radius 2 is 1.75 bits per heavy atom. The molecule has 0 spiro atoms. The number of aryl methyl sites for hydroxylation is 1. The maximum Gasteiger partial charge on any atom is 0.264 e. The molecule has 0 aliphatic rings. The second-order valence-electron chi connectivity index (χ2n) is 8.80. The molecule has 1 heterocycles. The second-order valence-corrected chi connectivity index (χ2v) is 11.6. The molecular weight excluding hydrogens is 596 g/mol. The standard InChI is InChI=1S/C29H29BrN4O5S/c1-20-15-22(21(2)34(20)24-10-8-9-23(30)16-24)18-31-32-29(35)19-33(40(36,37)26-11-6-5-7-12-26)27-17-25(38-3)13-14-28(27)39-4/h5-18H,19H2,1-4H3,(H,32,35)/b31-18-. The number of carbonyl (C=O) groups excluding carboxylic acids is 1. The van der Waals surface area contributed by atoms with Crippen LogP contribution in [0.1, 0.15) is 17.0 Å². The number of nitrogens with zero attached hydrogens (tertiary/aromatic N) is 3. The highest BCUT2D eigenvalue weighted by atomic mass is 79.9. The summed E-state index contributed by atoms with van der Waals surface area (Å²) >= 11 is 3.51. The Kier molecular flexibility index (Phi) is 8.96. The monoisotopic (exact) mass is 624 g/mol. The van der Waals surface area contributed by atoms with Crippen molar-refractivity contribution in [1.29, 1.82) is 0 Å². The van der Waals surface area contributed by atoms with E-state index in [2.05, 4.69) is 31.0 Å². The number of hydrogen-bond acceptors (Lipinski definition) is 6. The van der Waals surface area contributed by atoms with Gasteiger partial charge in [0.1, 0.15) is 18.0 Å². The van der Waals surface area contributed by atoms with E-state index in [9.17, 15) is 13.2 Å². The van der Waals surface area contributed by atoms with Gasteiger partial charge in [-0.05, 0) is 62.4 Å². The van der Waals surface area contributed by atoms with Crippen molar-refractivity contribution >= 4 is 43.8 Å². The molecule has 0 aliphatic carbocycles. The summed E-state index contributed by atoms with van der Waals surface area (Å²) in [5, 5.41) is 4.12. The number of hydrazone groups is 1. The predicted molar refractivity (Wildman–Crippen MR) is 159 cm³/mol. The van der Waals surface area contributed by atoms with Gasteiger partial charge in [-0.3, -0.25) is 9.10 Å². The summed E-state index contributed by atoms with van der Waals surface area (Å²) in [6.07, 6.45) is 1.54. The molecule has 3 aromatic carbocycles. The van der Waals surface area contributed by atoms with Gasteiger partial charge in [-0.1, -0.05) is 40.2 Å². The van der Waals surface area contributed by atoms with E-state index in [4.69, 9.17) is 9.47 Å². The van der Waals surface area contributed by atoms with Gasteiger partial charge in [0.05, 0.1) is 31.0 Å². The van der Waals surface area contributed by atoms with Crippen molar-refractivity contribution in [3.63, 3.8) is 0 Å². The maximum atomic E-state index is 13.7. The molecule has 0 bridgehead atoms. The number of ether oxygens (including phenoxy) is 2. The minimum Gasteiger partial charge on any atom is -0.497 e. The summed E-state index contributed by atoms with van der Waals surface area (Å²) in [5.41, 5.74) is 6.34. The molecule has 40 heavy (non-hydrogen) atoms. The van der Waals surface area contributed by atoms with Gasteiger partial charge in [-0.2, -0.15) is 5.10 Å². The van der Waals surface area contributed by atoms with Gasteiger partial charge in [-0.25, -0.2) is 13.8 Å². The maximum absolute atomic E-state index is 13.7. The van der Waals surface area contributed by atoms with Crippen LogP contribution in [0.2, 0.25) is 0 Å². The molecule has 4 aromatic rings. The third-order valence-corrected chi connectivity index (χ3v) is 8.47. The van der Waals surface area contributed by atoms with Crippen molar-refractivity contribution in [2.75, 3.05) is 25.1 Å². The Labute approximate surface area is 242 Å². The molecule has 0 radical (unpaired) electrons. The summed E-state index contributed by atoms with van der Waals surface area (Å²) in [6.45, 7) is 3.40. The molecule has 0 saturated heterocycles. The van der Waals surface area contributed by atoms with E-state index >= 15 is 0 Å². The Bertz CT molecular complexity index is 1650. The topological polar surface area (TPSA) is 102 Å². The SMILES string of the molecule is COc1ccc(OC)c(N(CC(=O)N/N=C\c2cc(C)n(-c3cccc(Br)c3)c2C)S(=O)(=O)c2ccccc2)c1. The normalized spacial score (nSPS) is 11.4. The Morgan fingerprint density at radius 3 is 2.42 bits per heavy atom. The number of aromatic nitrogens is 1. The lowest BCUT2D eigenvalue weighted by molar-refractivity contribution is -0.119. The fraction of sp³-hybridized carbons (Fsp3) is 0.172. The van der Waals surface area contributed by atoms with Gasteiger partial charge in [-0.15, -0.1) is 0 Å². The molecule has 4 rings (SSSR count). The lowest BCUT2D eigenvalue weighted by atomic mass is 10.2. The number of methoxy groups -OCH3 is 2. The third-order valence-electron chi connectivity index (χ3n) is 6.20. The number of anilines is 1. The number of rotatable bonds is 10. The second kappa shape index (κ2) is 12.4. The molecule has 0 aliphatic heterocycles. The van der Waals surface area contributed by atoms with Gasteiger partial charge in [0.2, 0.25) is 0 Å². The van der Waals surface area contributed by atoms with Crippen LogP contribution in [-0.2, 0) is 14.8 Å². The van der Waals surface area contributed by atoms with E-state index < -0.39 is 22.5 Å². The van der Waals surface area contributed by atoms with Crippen molar-refractivity contribution in [1.82, 2.24) is 9.99 Å². The zero-order valence-electron chi connectivity index (χ0n) is 22.5. The number of halogens is 1. The van der Waals surface area contributed by atoms with Crippen LogP contribution < -0.4 is 19.2 Å². The molecule has 11 heteroatoms. The molecule has 1 aromatic heterocycles. The van der Waals surface area contributed by atoms with Crippen molar-refractivity contribution in [2.45, 2.75) is 18.7 Å². The van der Waals surface area contributed by atoms with Gasteiger partial charge < -0.3 is 14.0 Å². The van der Waals surface area contributed by atoms with Crippen LogP contribution in [-0.4, -0.2) is 45.9 Å². The van der Waals surface area contributed by atoms with Crippen LogP contribution in [0, 0.1) is 13.8 Å². The summed E-state index contributed by atoms with van der Waals surface area (Å²) in [4.78, 5) is 13.1. The predicted octanol–water partition coefficient (Wildman–Crippen LogP) is 5.22. The zero-order chi connectivity index (χ0) is 28.9. The molecule has 1 N–H and O–H groups in total. The van der Waals surface area contributed by atoms with Gasteiger partial charge >= 0.3 is 0 Å². The van der Waals surface area contributed by atoms with Crippen molar-refractivity contribution in [3.05, 3.63) is 100 Å². The fourth-order valence-corrected chi connectivity index (χ4v) is 6.11. The van der Waals surface area contributed by atoms with Crippen molar-refractivity contribution in [2.24, 2.45) is 5.10 Å². The largest absolute Gasteiger partial charge is 0.497 e. The number of nitrogens with one attached hydrogen (secondary N) is 1. The first-order valence-corrected chi connectivity index (χ1v) is 14.5. The van der Waals surface area contributed by atoms with Crippen LogP contribution in [0.25, 0.3) is 5.69 Å². The molecule has 0 fully saturated rings. The van der Waals surface area contributed by atoms with Gasteiger partial charge in [0.25, 0.3) is 15.9 Å². The molecule has 9 nitrogen and oxygen atoms in total. The number of benzene rings is 3. The van der Waals surface area contributed by atoms with E-state index in [0.29, 0.717) is 5.75 Å². The van der Waals surface area contributed by atoms with Crippen LogP contribution in [0.3, 0.4) is 0 Å². The highest BCUT2D eigenvalue weighted by molar-refractivity contribution is 9.10. The zero-order valence-corrected chi connectivity index (χ0v) is 24.9. The van der Waals surface area contributed by atoms with Crippen molar-refractivity contribution in [3.8, 4) is 17.2 Å². The first kappa shape index (κ1) is 28.9. The molecule has 0 saturated carbocycles. The highest BCUT2D eigenvalue weighted by Gasteiger charge is 2.30. The quantitative estimate of drug-likeness (QED) is 0.192. The van der Waals surface area contributed by atoms with E-state index in [-0.39, 0.29) is 16.3 Å². The minimum absolute atomic E-state index is 0.0242. The van der Waals surface area contributed by atoms with Gasteiger partial charge in [0.15, 0.2) is 0 Å². The lowest BCUT2D eigenvalue weighted by Gasteiger charge is -2.25. The smallest absolute Gasteiger partial charge is 0.264 e. The molecule has 208 valence electrons. The van der Waals surface area contributed by atoms with E-state index in [1.807, 2.05) is 44.2 Å². The van der Waals surface area contributed by atoms with Crippen LogP contribution in [0.5, 0.6) is 11.5 Å². The third kappa shape index (κ3) is 6.21. The Balaban J connectivity index is 1.61. The van der Waals surface area contributed by atoms with Crippen LogP contribution in [0.4, 0.5) is 5.69 Å². The van der Waals surface area contributed by atoms with Gasteiger partial charge in [0, 0.05) is 33.2 Å². The Morgan fingerprint density at radius 1 is 1.00 bits per heavy atom.